The van der Waals surface area contributed by atoms with Gasteiger partial charge in [0.2, 0.25) is 11.9 Å². The second-order valence-corrected chi connectivity index (χ2v) is 8.44. The van der Waals surface area contributed by atoms with E-state index < -0.39 is 6.04 Å². The van der Waals surface area contributed by atoms with Crippen molar-refractivity contribution in [1.82, 2.24) is 14.9 Å². The van der Waals surface area contributed by atoms with Crippen LogP contribution in [-0.4, -0.2) is 53.0 Å². The predicted octanol–water partition coefficient (Wildman–Crippen LogP) is 3.95. The van der Waals surface area contributed by atoms with Gasteiger partial charge in [0.25, 0.3) is 0 Å². The molecule has 0 unspecified atom stereocenters. The molecular formula is C26H32N6O. The number of nitrogens with zero attached hydrogens (tertiary/aromatic N) is 3. The number of aryl methyl sites for hydroxylation is 1. The summed E-state index contributed by atoms with van der Waals surface area (Å²) >= 11 is 0. The first-order valence-corrected chi connectivity index (χ1v) is 11.6. The highest BCUT2D eigenvalue weighted by atomic mass is 16.2. The van der Waals surface area contributed by atoms with E-state index in [9.17, 15) is 4.79 Å². The number of benzene rings is 2. The maximum absolute atomic E-state index is 13.2. The van der Waals surface area contributed by atoms with Gasteiger partial charge in [-0.25, -0.2) is 4.98 Å². The van der Waals surface area contributed by atoms with Gasteiger partial charge >= 0.3 is 0 Å². The van der Waals surface area contributed by atoms with Crippen LogP contribution in [0.1, 0.15) is 24.1 Å². The lowest BCUT2D eigenvalue weighted by molar-refractivity contribution is -0.116. The number of carbonyl (C=O) groups excluding carboxylic acids is 1. The third kappa shape index (κ3) is 7.02. The van der Waals surface area contributed by atoms with Crippen molar-refractivity contribution in [3.63, 3.8) is 0 Å². The smallest absolute Gasteiger partial charge is 0.247 e. The number of para-hydroxylation sites is 1. The van der Waals surface area contributed by atoms with Crippen molar-refractivity contribution >= 4 is 23.4 Å². The first-order valence-electron chi connectivity index (χ1n) is 11.6. The fourth-order valence-electron chi connectivity index (χ4n) is 4.04. The number of nitrogens with one attached hydrogen (secondary N) is 3. The van der Waals surface area contributed by atoms with Gasteiger partial charge in [-0.1, -0.05) is 48.5 Å². The summed E-state index contributed by atoms with van der Waals surface area (Å²) in [6.07, 6.45) is 3.10. The maximum Gasteiger partial charge on any atom is 0.247 e. The van der Waals surface area contributed by atoms with Crippen LogP contribution >= 0.6 is 0 Å². The van der Waals surface area contributed by atoms with E-state index in [0.29, 0.717) is 18.2 Å². The molecule has 0 radical (unpaired) electrons. The van der Waals surface area contributed by atoms with Gasteiger partial charge in [-0.15, -0.1) is 0 Å². The molecule has 0 aliphatic carbocycles. The summed E-state index contributed by atoms with van der Waals surface area (Å²) in [5.41, 5.74) is 2.69. The van der Waals surface area contributed by atoms with Crippen LogP contribution in [0.3, 0.4) is 0 Å². The summed E-state index contributed by atoms with van der Waals surface area (Å²) in [6.45, 7) is 6.05. The van der Waals surface area contributed by atoms with Gasteiger partial charge in [0.1, 0.15) is 11.9 Å². The van der Waals surface area contributed by atoms with Crippen molar-refractivity contribution in [3.05, 3.63) is 78.0 Å². The zero-order valence-electron chi connectivity index (χ0n) is 19.1. The van der Waals surface area contributed by atoms with Gasteiger partial charge < -0.3 is 20.9 Å². The minimum Gasteiger partial charge on any atom is -0.358 e. The van der Waals surface area contributed by atoms with Gasteiger partial charge in [0, 0.05) is 37.0 Å². The molecule has 1 fully saturated rings. The molecule has 4 rings (SSSR count). The summed E-state index contributed by atoms with van der Waals surface area (Å²) in [5.74, 6) is 1.11. The minimum absolute atomic E-state index is 0.107. The van der Waals surface area contributed by atoms with Crippen molar-refractivity contribution < 1.29 is 4.79 Å². The highest BCUT2D eigenvalue weighted by Gasteiger charge is 2.20. The molecule has 3 N–H and O–H groups in total. The summed E-state index contributed by atoms with van der Waals surface area (Å²) in [6, 6.07) is 20.9. The molecule has 1 saturated heterocycles. The molecule has 0 bridgehead atoms. The lowest BCUT2D eigenvalue weighted by Gasteiger charge is -2.20. The number of likely N-dealkylation sites (tertiary alicyclic amines) is 1. The fourth-order valence-corrected chi connectivity index (χ4v) is 4.04. The minimum atomic E-state index is -0.487. The van der Waals surface area contributed by atoms with Gasteiger partial charge in [0.15, 0.2) is 0 Å². The Balaban J connectivity index is 1.45. The molecule has 1 amide bonds. The Morgan fingerprint density at radius 3 is 2.42 bits per heavy atom. The second kappa shape index (κ2) is 11.4. The SMILES string of the molecule is Cc1cc(N[C@@H](Cc2ccccc2)C(=O)Nc2ccccc2)nc(NCCN2CCCC2)n1. The Labute approximate surface area is 195 Å². The third-order valence-corrected chi connectivity index (χ3v) is 5.73. The molecule has 172 valence electrons. The Morgan fingerprint density at radius 1 is 1.00 bits per heavy atom. The normalized spacial score (nSPS) is 14.6. The van der Waals surface area contributed by atoms with E-state index in [0.717, 1.165) is 30.0 Å². The van der Waals surface area contributed by atoms with E-state index in [1.807, 2.05) is 73.7 Å². The standard InChI is InChI=1S/C26H32N6O/c1-20-18-24(31-26(28-20)27-14-17-32-15-8-9-16-32)30-23(19-21-10-4-2-5-11-21)25(33)29-22-12-6-3-7-13-22/h2-7,10-13,18,23H,8-9,14-17,19H2,1H3,(H,29,33)(H2,27,28,30,31)/t23-/m0/s1. The molecule has 7 heteroatoms. The number of hydrogen-bond acceptors (Lipinski definition) is 6. The molecule has 0 spiro atoms. The lowest BCUT2D eigenvalue weighted by Crippen LogP contribution is -2.37. The Kier molecular flexibility index (Phi) is 7.87. The second-order valence-electron chi connectivity index (χ2n) is 8.44. The van der Waals surface area contributed by atoms with Gasteiger partial charge in [-0.2, -0.15) is 4.98 Å². The van der Waals surface area contributed by atoms with E-state index in [1.54, 1.807) is 0 Å². The quantitative estimate of drug-likeness (QED) is 0.439. The highest BCUT2D eigenvalue weighted by molar-refractivity contribution is 5.96. The molecule has 2 aromatic carbocycles. The lowest BCUT2D eigenvalue weighted by atomic mass is 10.0. The molecule has 1 aliphatic rings. The summed E-state index contributed by atoms with van der Waals surface area (Å²) in [7, 11) is 0. The molecule has 0 saturated carbocycles. The summed E-state index contributed by atoms with van der Waals surface area (Å²) < 4.78 is 0. The molecule has 1 atom stereocenters. The molecular weight excluding hydrogens is 412 g/mol. The average molecular weight is 445 g/mol. The van der Waals surface area contributed by atoms with Crippen LogP contribution in [0, 0.1) is 6.92 Å². The van der Waals surface area contributed by atoms with E-state index in [4.69, 9.17) is 0 Å². The van der Waals surface area contributed by atoms with Crippen LogP contribution in [-0.2, 0) is 11.2 Å². The van der Waals surface area contributed by atoms with Crippen LogP contribution in [0.4, 0.5) is 17.5 Å². The average Bonchev–Trinajstić information content (AvgIpc) is 3.33. The van der Waals surface area contributed by atoms with Crippen LogP contribution < -0.4 is 16.0 Å². The zero-order chi connectivity index (χ0) is 22.9. The molecule has 7 nitrogen and oxygen atoms in total. The molecule has 33 heavy (non-hydrogen) atoms. The van der Waals surface area contributed by atoms with E-state index >= 15 is 0 Å². The number of rotatable bonds is 10. The van der Waals surface area contributed by atoms with Crippen LogP contribution in [0.5, 0.6) is 0 Å². The number of hydrogen-bond donors (Lipinski definition) is 3. The Bertz CT molecular complexity index is 1020. The Hall–Kier alpha value is -3.45. The number of amides is 1. The topological polar surface area (TPSA) is 82.2 Å². The van der Waals surface area contributed by atoms with Crippen molar-refractivity contribution in [2.45, 2.75) is 32.2 Å². The van der Waals surface area contributed by atoms with E-state index in [2.05, 4.69) is 30.8 Å². The number of carbonyl (C=O) groups is 1. The van der Waals surface area contributed by atoms with E-state index in [1.165, 1.54) is 25.9 Å². The summed E-state index contributed by atoms with van der Waals surface area (Å²) in [4.78, 5) is 24.8. The van der Waals surface area contributed by atoms with Crippen LogP contribution in [0.15, 0.2) is 66.7 Å². The first kappa shape index (κ1) is 22.7. The predicted molar refractivity (Wildman–Crippen MR) is 134 cm³/mol. The number of aromatic nitrogens is 2. The third-order valence-electron chi connectivity index (χ3n) is 5.73. The van der Waals surface area contributed by atoms with Gasteiger partial charge in [-0.3, -0.25) is 4.79 Å². The molecule has 2 heterocycles. The highest BCUT2D eigenvalue weighted by Crippen LogP contribution is 2.15. The van der Waals surface area contributed by atoms with Crippen molar-refractivity contribution in [1.29, 1.82) is 0 Å². The summed E-state index contributed by atoms with van der Waals surface area (Å²) in [5, 5.41) is 9.70. The zero-order valence-corrected chi connectivity index (χ0v) is 19.1. The van der Waals surface area contributed by atoms with Gasteiger partial charge in [-0.05, 0) is 50.6 Å². The first-order chi connectivity index (χ1) is 16.2. The molecule has 1 aliphatic heterocycles. The van der Waals surface area contributed by atoms with Crippen LogP contribution in [0.2, 0.25) is 0 Å². The van der Waals surface area contributed by atoms with Gasteiger partial charge in [0.05, 0.1) is 0 Å². The maximum atomic E-state index is 13.2. The van der Waals surface area contributed by atoms with Crippen LogP contribution in [0.25, 0.3) is 0 Å². The van der Waals surface area contributed by atoms with E-state index in [-0.39, 0.29) is 5.91 Å². The van der Waals surface area contributed by atoms with Crippen molar-refractivity contribution in [2.24, 2.45) is 0 Å². The van der Waals surface area contributed by atoms with Crippen molar-refractivity contribution in [2.75, 3.05) is 42.1 Å². The molecule has 3 aromatic rings. The monoisotopic (exact) mass is 444 g/mol. The molecule has 1 aromatic heterocycles. The largest absolute Gasteiger partial charge is 0.358 e. The fraction of sp³-hybridized carbons (Fsp3) is 0.346. The van der Waals surface area contributed by atoms with Crippen molar-refractivity contribution in [3.8, 4) is 0 Å². The Morgan fingerprint density at radius 2 is 1.70 bits per heavy atom. The number of anilines is 3.